The Bertz CT molecular complexity index is 798. The van der Waals surface area contributed by atoms with Crippen molar-refractivity contribution in [3.05, 3.63) is 59.2 Å². The summed E-state index contributed by atoms with van der Waals surface area (Å²) in [6.45, 7) is 1.89. The zero-order chi connectivity index (χ0) is 16.4. The summed E-state index contributed by atoms with van der Waals surface area (Å²) >= 11 is 1.59. The van der Waals surface area contributed by atoms with Crippen LogP contribution >= 0.6 is 11.8 Å². The van der Waals surface area contributed by atoms with Crippen molar-refractivity contribution in [2.24, 2.45) is 0 Å². The number of rotatable bonds is 5. The summed E-state index contributed by atoms with van der Waals surface area (Å²) in [5.41, 5.74) is 3.78. The van der Waals surface area contributed by atoms with Crippen molar-refractivity contribution in [1.29, 1.82) is 0 Å². The highest BCUT2D eigenvalue weighted by Crippen LogP contribution is 2.26. The molecular weight excluding hydrogens is 326 g/mol. The molecule has 3 nitrogen and oxygen atoms in total. The largest absolute Gasteiger partial charge is 0.241 e. The predicted octanol–water partition coefficient (Wildman–Crippen LogP) is 3.94. The third-order valence-electron chi connectivity index (χ3n) is 4.32. The quantitative estimate of drug-likeness (QED) is 0.834. The molecule has 1 aliphatic rings. The molecule has 0 fully saturated rings. The fourth-order valence-corrected chi connectivity index (χ4v) is 4.63. The smallest absolute Gasteiger partial charge is 0.207 e. The van der Waals surface area contributed by atoms with Gasteiger partial charge in [-0.3, -0.25) is 0 Å². The van der Waals surface area contributed by atoms with Gasteiger partial charge >= 0.3 is 0 Å². The van der Waals surface area contributed by atoms with Crippen molar-refractivity contribution < 1.29 is 8.42 Å². The Morgan fingerprint density at radius 1 is 1.04 bits per heavy atom. The highest BCUT2D eigenvalue weighted by molar-refractivity contribution is 7.98. The zero-order valence-electron chi connectivity index (χ0n) is 13.4. The molecule has 0 radical (unpaired) electrons. The van der Waals surface area contributed by atoms with Gasteiger partial charge in [-0.1, -0.05) is 18.2 Å². The first-order valence-corrected chi connectivity index (χ1v) is 10.5. The van der Waals surface area contributed by atoms with Gasteiger partial charge in [0, 0.05) is 10.9 Å². The van der Waals surface area contributed by atoms with Gasteiger partial charge in [0.25, 0.3) is 0 Å². The van der Waals surface area contributed by atoms with Gasteiger partial charge < -0.3 is 0 Å². The fraction of sp³-hybridized carbons (Fsp3) is 0.333. The van der Waals surface area contributed by atoms with Gasteiger partial charge in [-0.15, -0.1) is 11.8 Å². The van der Waals surface area contributed by atoms with Crippen LogP contribution in [0.15, 0.2) is 52.3 Å². The molecular formula is C18H21NO2S2. The normalized spacial score (nSPS) is 15.4. The molecule has 2 aromatic carbocycles. The Balaban J connectivity index is 1.79. The summed E-state index contributed by atoms with van der Waals surface area (Å²) in [7, 11) is -3.51. The lowest BCUT2D eigenvalue weighted by atomic mass is 10.0. The Morgan fingerprint density at radius 3 is 2.43 bits per heavy atom. The number of sulfonamides is 1. The maximum Gasteiger partial charge on any atom is 0.241 e. The number of aryl methyl sites for hydroxylation is 2. The van der Waals surface area contributed by atoms with Gasteiger partial charge in [0.15, 0.2) is 0 Å². The molecule has 122 valence electrons. The van der Waals surface area contributed by atoms with E-state index in [4.69, 9.17) is 0 Å². The molecule has 1 N–H and O–H groups in total. The van der Waals surface area contributed by atoms with E-state index in [1.54, 1.807) is 23.9 Å². The van der Waals surface area contributed by atoms with Crippen LogP contribution in [-0.2, 0) is 22.9 Å². The van der Waals surface area contributed by atoms with Crippen LogP contribution < -0.4 is 4.72 Å². The summed E-state index contributed by atoms with van der Waals surface area (Å²) in [5.74, 6) is 0. The number of thioether (sulfide) groups is 1. The van der Waals surface area contributed by atoms with Crippen LogP contribution in [0.4, 0.5) is 0 Å². The molecule has 2 aromatic rings. The second-order valence-corrected chi connectivity index (χ2v) is 8.49. The minimum Gasteiger partial charge on any atom is -0.207 e. The summed E-state index contributed by atoms with van der Waals surface area (Å²) in [4.78, 5) is 1.36. The van der Waals surface area contributed by atoms with Gasteiger partial charge in [0.1, 0.15) is 0 Å². The molecule has 0 unspecified atom stereocenters. The number of nitrogens with one attached hydrogen (secondary N) is 1. The number of benzene rings is 2. The van der Waals surface area contributed by atoms with Gasteiger partial charge in [-0.2, -0.15) is 0 Å². The van der Waals surface area contributed by atoms with Crippen LogP contribution in [0.3, 0.4) is 0 Å². The van der Waals surface area contributed by atoms with Crippen LogP contribution in [-0.4, -0.2) is 14.7 Å². The van der Waals surface area contributed by atoms with E-state index in [9.17, 15) is 8.42 Å². The monoisotopic (exact) mass is 347 g/mol. The average Bonchev–Trinajstić information content (AvgIpc) is 3.02. The molecule has 0 saturated carbocycles. The van der Waals surface area contributed by atoms with Crippen molar-refractivity contribution >= 4 is 21.8 Å². The van der Waals surface area contributed by atoms with E-state index >= 15 is 0 Å². The SMILES string of the molecule is CSc1ccc(S(=O)(=O)N[C@@H](C)c2ccc3c(c2)CCC3)cc1. The first kappa shape index (κ1) is 16.6. The Hall–Kier alpha value is -1.30. The van der Waals surface area contributed by atoms with Crippen molar-refractivity contribution in [2.75, 3.05) is 6.26 Å². The van der Waals surface area contributed by atoms with E-state index in [1.165, 1.54) is 17.5 Å². The lowest BCUT2D eigenvalue weighted by Gasteiger charge is -2.16. The Kier molecular flexibility index (Phi) is 4.80. The minimum atomic E-state index is -3.51. The van der Waals surface area contributed by atoms with Crippen molar-refractivity contribution in [1.82, 2.24) is 4.72 Å². The third kappa shape index (κ3) is 3.62. The Labute approximate surface area is 142 Å². The third-order valence-corrected chi connectivity index (χ3v) is 6.62. The van der Waals surface area contributed by atoms with E-state index in [1.807, 2.05) is 31.4 Å². The van der Waals surface area contributed by atoms with Crippen LogP contribution in [0, 0.1) is 0 Å². The molecule has 3 rings (SSSR count). The molecule has 0 spiro atoms. The number of hydrogen-bond acceptors (Lipinski definition) is 3. The average molecular weight is 348 g/mol. The summed E-state index contributed by atoms with van der Waals surface area (Å²) in [5, 5.41) is 0. The first-order valence-electron chi connectivity index (χ1n) is 7.78. The molecule has 0 bridgehead atoms. The van der Waals surface area contributed by atoms with E-state index in [0.29, 0.717) is 4.90 Å². The highest BCUT2D eigenvalue weighted by atomic mass is 32.2. The minimum absolute atomic E-state index is 0.244. The topological polar surface area (TPSA) is 46.2 Å². The number of hydrogen-bond donors (Lipinski definition) is 1. The molecule has 1 atom stereocenters. The summed E-state index contributed by atoms with van der Waals surface area (Å²) in [6, 6.07) is 13.0. The highest BCUT2D eigenvalue weighted by Gasteiger charge is 2.20. The maximum atomic E-state index is 12.5. The van der Waals surface area contributed by atoms with E-state index in [-0.39, 0.29) is 6.04 Å². The molecule has 0 aliphatic heterocycles. The standard InChI is InChI=1S/C18H21NO2S2/c1-13(15-7-6-14-4-3-5-16(14)12-15)19-23(20,21)18-10-8-17(22-2)9-11-18/h6-13,19H,3-5H2,1-2H3/t13-/m0/s1. The molecule has 0 heterocycles. The fourth-order valence-electron chi connectivity index (χ4n) is 2.98. The van der Waals surface area contributed by atoms with Crippen LogP contribution in [0.5, 0.6) is 0 Å². The molecule has 23 heavy (non-hydrogen) atoms. The lowest BCUT2D eigenvalue weighted by Crippen LogP contribution is -2.27. The van der Waals surface area contributed by atoms with E-state index in [2.05, 4.69) is 16.9 Å². The van der Waals surface area contributed by atoms with Crippen LogP contribution in [0.2, 0.25) is 0 Å². The van der Waals surface area contributed by atoms with Crippen molar-refractivity contribution in [2.45, 2.75) is 42.0 Å². The van der Waals surface area contributed by atoms with Crippen LogP contribution in [0.25, 0.3) is 0 Å². The molecule has 0 amide bonds. The second-order valence-electron chi connectivity index (χ2n) is 5.90. The van der Waals surface area contributed by atoms with Gasteiger partial charge in [-0.25, -0.2) is 13.1 Å². The zero-order valence-corrected chi connectivity index (χ0v) is 15.0. The van der Waals surface area contributed by atoms with E-state index < -0.39 is 10.0 Å². The Morgan fingerprint density at radius 2 is 1.74 bits per heavy atom. The van der Waals surface area contributed by atoms with Crippen molar-refractivity contribution in [3.63, 3.8) is 0 Å². The lowest BCUT2D eigenvalue weighted by molar-refractivity contribution is 0.567. The maximum absolute atomic E-state index is 12.5. The second kappa shape index (κ2) is 6.67. The van der Waals surface area contributed by atoms with Gasteiger partial charge in [0.2, 0.25) is 10.0 Å². The predicted molar refractivity (Wildman–Crippen MR) is 95.4 cm³/mol. The van der Waals surface area contributed by atoms with Crippen molar-refractivity contribution in [3.8, 4) is 0 Å². The number of fused-ring (bicyclic) bond motifs is 1. The van der Waals surface area contributed by atoms with E-state index in [0.717, 1.165) is 23.3 Å². The molecule has 0 saturated heterocycles. The summed E-state index contributed by atoms with van der Waals surface area (Å²) in [6.07, 6.45) is 5.40. The molecule has 1 aliphatic carbocycles. The van der Waals surface area contributed by atoms with Gasteiger partial charge in [0.05, 0.1) is 4.90 Å². The molecule has 0 aromatic heterocycles. The molecule has 5 heteroatoms. The first-order chi connectivity index (χ1) is 11.0. The van der Waals surface area contributed by atoms with Crippen LogP contribution in [0.1, 0.15) is 36.1 Å². The van der Waals surface area contributed by atoms with Gasteiger partial charge in [-0.05, 0) is 73.4 Å². The summed E-state index contributed by atoms with van der Waals surface area (Å²) < 4.78 is 27.8.